The molecule has 0 spiro atoms. The molecule has 7 heteroatoms. The summed E-state index contributed by atoms with van der Waals surface area (Å²) in [7, 11) is 0. The molecule has 2 aromatic heterocycles. The lowest BCUT2D eigenvalue weighted by Gasteiger charge is -2.11. The number of amides is 2. The van der Waals surface area contributed by atoms with E-state index in [1.807, 2.05) is 13.8 Å². The maximum absolute atomic E-state index is 12.1. The van der Waals surface area contributed by atoms with Gasteiger partial charge < -0.3 is 10.6 Å². The molecule has 1 unspecified atom stereocenters. The zero-order valence-corrected chi connectivity index (χ0v) is 13.1. The summed E-state index contributed by atoms with van der Waals surface area (Å²) in [6.07, 6.45) is 3.83. The summed E-state index contributed by atoms with van der Waals surface area (Å²) in [6, 6.07) is 5.30. The van der Waals surface area contributed by atoms with Crippen LogP contribution in [-0.4, -0.2) is 38.7 Å². The first-order chi connectivity index (χ1) is 11.0. The van der Waals surface area contributed by atoms with E-state index in [1.165, 1.54) is 6.20 Å². The summed E-state index contributed by atoms with van der Waals surface area (Å²) in [6.45, 7) is 4.38. The highest BCUT2D eigenvalue weighted by atomic mass is 16.2. The predicted octanol–water partition coefficient (Wildman–Crippen LogP) is 0.771. The van der Waals surface area contributed by atoms with E-state index >= 15 is 0 Å². The van der Waals surface area contributed by atoms with Gasteiger partial charge in [0.15, 0.2) is 0 Å². The quantitative estimate of drug-likeness (QED) is 0.872. The molecule has 0 aromatic carbocycles. The van der Waals surface area contributed by atoms with E-state index in [4.69, 9.17) is 0 Å². The van der Waals surface area contributed by atoms with E-state index in [9.17, 15) is 9.59 Å². The summed E-state index contributed by atoms with van der Waals surface area (Å²) in [5.41, 5.74) is 1.91. The van der Waals surface area contributed by atoms with Crippen LogP contribution in [0.3, 0.4) is 0 Å². The SMILES string of the molecule is CC(C)NC(=O)c1cc2n(n1)CC(NC(=O)c1cccnc1)C2. The Hall–Kier alpha value is -2.70. The molecule has 0 bridgehead atoms. The molecule has 0 fully saturated rings. The van der Waals surface area contributed by atoms with Crippen LogP contribution in [0.25, 0.3) is 0 Å². The number of carbonyl (C=O) groups is 2. The Labute approximate surface area is 134 Å². The van der Waals surface area contributed by atoms with Gasteiger partial charge in [-0.05, 0) is 32.0 Å². The molecule has 0 aliphatic carbocycles. The maximum atomic E-state index is 12.1. The Balaban J connectivity index is 1.61. The Kier molecular flexibility index (Phi) is 4.10. The Morgan fingerprint density at radius 3 is 2.83 bits per heavy atom. The first-order valence-electron chi connectivity index (χ1n) is 7.61. The van der Waals surface area contributed by atoms with E-state index in [0.717, 1.165) is 5.69 Å². The van der Waals surface area contributed by atoms with Gasteiger partial charge in [-0.2, -0.15) is 5.10 Å². The van der Waals surface area contributed by atoms with Crippen LogP contribution in [0.2, 0.25) is 0 Å². The summed E-state index contributed by atoms with van der Waals surface area (Å²) >= 11 is 0. The third kappa shape index (κ3) is 3.39. The molecule has 7 nitrogen and oxygen atoms in total. The fourth-order valence-electron chi connectivity index (χ4n) is 2.61. The third-order valence-corrected chi connectivity index (χ3v) is 3.62. The van der Waals surface area contributed by atoms with Crippen LogP contribution in [0, 0.1) is 0 Å². The molecule has 2 N–H and O–H groups in total. The van der Waals surface area contributed by atoms with Crippen LogP contribution in [0.4, 0.5) is 0 Å². The number of nitrogens with zero attached hydrogens (tertiary/aromatic N) is 3. The minimum Gasteiger partial charge on any atom is -0.348 e. The number of pyridine rings is 1. The Morgan fingerprint density at radius 2 is 2.17 bits per heavy atom. The van der Waals surface area contributed by atoms with Crippen molar-refractivity contribution in [2.75, 3.05) is 0 Å². The molecular weight excluding hydrogens is 294 g/mol. The topological polar surface area (TPSA) is 88.9 Å². The van der Waals surface area contributed by atoms with Crippen LogP contribution in [0.15, 0.2) is 30.6 Å². The molecule has 0 radical (unpaired) electrons. The molecule has 120 valence electrons. The number of hydrogen-bond donors (Lipinski definition) is 2. The van der Waals surface area contributed by atoms with Gasteiger partial charge in [0.05, 0.1) is 18.2 Å². The monoisotopic (exact) mass is 313 g/mol. The van der Waals surface area contributed by atoms with E-state index < -0.39 is 0 Å². The number of fused-ring (bicyclic) bond motifs is 1. The molecular formula is C16H19N5O2. The first-order valence-corrected chi connectivity index (χ1v) is 7.61. The highest BCUT2D eigenvalue weighted by Gasteiger charge is 2.26. The van der Waals surface area contributed by atoms with Crippen molar-refractivity contribution in [1.29, 1.82) is 0 Å². The molecule has 3 rings (SSSR count). The largest absolute Gasteiger partial charge is 0.348 e. The minimum atomic E-state index is -0.169. The lowest BCUT2D eigenvalue weighted by atomic mass is 10.2. The van der Waals surface area contributed by atoms with Gasteiger partial charge in [0.1, 0.15) is 5.69 Å². The van der Waals surface area contributed by atoms with E-state index in [-0.39, 0.29) is 23.9 Å². The lowest BCUT2D eigenvalue weighted by Crippen LogP contribution is -2.36. The number of rotatable bonds is 4. The van der Waals surface area contributed by atoms with Crippen molar-refractivity contribution < 1.29 is 9.59 Å². The summed E-state index contributed by atoms with van der Waals surface area (Å²) in [4.78, 5) is 28.0. The molecule has 2 amide bonds. The third-order valence-electron chi connectivity index (χ3n) is 3.62. The highest BCUT2D eigenvalue weighted by molar-refractivity contribution is 5.94. The van der Waals surface area contributed by atoms with Gasteiger partial charge in [-0.1, -0.05) is 0 Å². The number of aromatic nitrogens is 3. The lowest BCUT2D eigenvalue weighted by molar-refractivity contribution is 0.0923. The van der Waals surface area contributed by atoms with Crippen LogP contribution in [0.1, 0.15) is 40.4 Å². The molecule has 0 saturated carbocycles. The van der Waals surface area contributed by atoms with Crippen molar-refractivity contribution in [3.8, 4) is 0 Å². The summed E-state index contributed by atoms with van der Waals surface area (Å²) in [5, 5.41) is 10.1. The fourth-order valence-corrected chi connectivity index (χ4v) is 2.61. The van der Waals surface area contributed by atoms with E-state index in [2.05, 4.69) is 20.7 Å². The van der Waals surface area contributed by atoms with E-state index in [1.54, 1.807) is 29.1 Å². The van der Waals surface area contributed by atoms with Crippen LogP contribution >= 0.6 is 0 Å². The van der Waals surface area contributed by atoms with Gasteiger partial charge in [0.25, 0.3) is 11.8 Å². The molecule has 2 aromatic rings. The zero-order valence-electron chi connectivity index (χ0n) is 13.1. The van der Waals surface area contributed by atoms with Crippen LogP contribution in [-0.2, 0) is 13.0 Å². The second kappa shape index (κ2) is 6.20. The fraction of sp³-hybridized carbons (Fsp3) is 0.375. The van der Waals surface area contributed by atoms with Crippen molar-refractivity contribution in [1.82, 2.24) is 25.4 Å². The van der Waals surface area contributed by atoms with Gasteiger partial charge in [-0.3, -0.25) is 19.3 Å². The second-order valence-electron chi connectivity index (χ2n) is 5.95. The van der Waals surface area contributed by atoms with Gasteiger partial charge in [0, 0.05) is 30.6 Å². The zero-order chi connectivity index (χ0) is 16.4. The van der Waals surface area contributed by atoms with Crippen molar-refractivity contribution in [3.05, 3.63) is 47.5 Å². The van der Waals surface area contributed by atoms with Crippen LogP contribution in [0.5, 0.6) is 0 Å². The Bertz CT molecular complexity index is 700. The molecule has 1 aliphatic heterocycles. The Morgan fingerprint density at radius 1 is 1.35 bits per heavy atom. The number of carbonyl (C=O) groups excluding carboxylic acids is 2. The number of hydrogen-bond acceptors (Lipinski definition) is 4. The molecule has 3 heterocycles. The van der Waals surface area contributed by atoms with Crippen molar-refractivity contribution in [3.63, 3.8) is 0 Å². The smallest absolute Gasteiger partial charge is 0.271 e. The average Bonchev–Trinajstić information content (AvgIpc) is 3.05. The second-order valence-corrected chi connectivity index (χ2v) is 5.95. The molecule has 0 saturated heterocycles. The average molecular weight is 313 g/mol. The van der Waals surface area contributed by atoms with Gasteiger partial charge in [-0.15, -0.1) is 0 Å². The van der Waals surface area contributed by atoms with E-state index in [0.29, 0.717) is 24.2 Å². The summed E-state index contributed by atoms with van der Waals surface area (Å²) in [5.74, 6) is -0.315. The van der Waals surface area contributed by atoms with Gasteiger partial charge >= 0.3 is 0 Å². The normalized spacial score (nSPS) is 16.2. The minimum absolute atomic E-state index is 0.0209. The van der Waals surface area contributed by atoms with Crippen LogP contribution < -0.4 is 10.6 Å². The molecule has 1 aliphatic rings. The molecule has 23 heavy (non-hydrogen) atoms. The van der Waals surface area contributed by atoms with Crippen molar-refractivity contribution in [2.45, 2.75) is 38.9 Å². The number of nitrogens with one attached hydrogen (secondary N) is 2. The first kappa shape index (κ1) is 15.2. The van der Waals surface area contributed by atoms with Gasteiger partial charge in [0.2, 0.25) is 0 Å². The molecule has 1 atom stereocenters. The predicted molar refractivity (Wildman–Crippen MR) is 84.0 cm³/mol. The highest BCUT2D eigenvalue weighted by Crippen LogP contribution is 2.16. The maximum Gasteiger partial charge on any atom is 0.271 e. The van der Waals surface area contributed by atoms with Crippen molar-refractivity contribution in [2.24, 2.45) is 0 Å². The van der Waals surface area contributed by atoms with Crippen molar-refractivity contribution >= 4 is 11.8 Å². The van der Waals surface area contributed by atoms with Gasteiger partial charge in [-0.25, -0.2) is 0 Å². The standard InChI is InChI=1S/C16H19N5O2/c1-10(2)18-16(23)14-7-13-6-12(9-21(13)20-14)19-15(22)11-4-3-5-17-8-11/h3-5,7-8,10,12H,6,9H2,1-2H3,(H,18,23)(H,19,22). The summed E-state index contributed by atoms with van der Waals surface area (Å²) < 4.78 is 1.78.